The molecule has 3 rings (SSSR count). The van der Waals surface area contributed by atoms with Gasteiger partial charge in [-0.2, -0.15) is 5.10 Å². The third kappa shape index (κ3) is 3.84. The van der Waals surface area contributed by atoms with Crippen LogP contribution in [0, 0.1) is 6.92 Å². The Morgan fingerprint density at radius 3 is 2.62 bits per heavy atom. The smallest absolute Gasteiger partial charge is 0.339 e. The molecule has 0 spiro atoms. The van der Waals surface area contributed by atoms with Crippen LogP contribution in [0.25, 0.3) is 0 Å². The number of hydrogen-bond acceptors (Lipinski definition) is 6. The molecule has 1 aliphatic carbocycles. The number of nitrogens with two attached hydrogens (primary N) is 2. The number of para-hydroxylation sites is 1. The highest BCUT2D eigenvalue weighted by Gasteiger charge is 2.30. The number of esters is 1. The van der Waals surface area contributed by atoms with E-state index in [1.165, 1.54) is 12.0 Å². The Morgan fingerprint density at radius 1 is 1.21 bits per heavy atom. The lowest BCUT2D eigenvalue weighted by atomic mass is 9.93. The first-order valence-corrected chi connectivity index (χ1v) is 9.08. The van der Waals surface area contributed by atoms with Crippen molar-refractivity contribution in [1.82, 2.24) is 0 Å². The van der Waals surface area contributed by atoms with Gasteiger partial charge in [-0.15, -0.1) is 5.10 Å². The van der Waals surface area contributed by atoms with Crippen molar-refractivity contribution in [3.63, 3.8) is 0 Å². The molecule has 9 nitrogen and oxygen atoms in total. The lowest BCUT2D eigenvalue weighted by Gasteiger charge is -2.19. The number of rotatable bonds is 4. The summed E-state index contributed by atoms with van der Waals surface area (Å²) >= 11 is 0. The van der Waals surface area contributed by atoms with Gasteiger partial charge in [0.2, 0.25) is 5.96 Å². The van der Waals surface area contributed by atoms with E-state index in [4.69, 9.17) is 20.6 Å². The van der Waals surface area contributed by atoms with Crippen molar-refractivity contribution < 1.29 is 18.7 Å². The van der Waals surface area contributed by atoms with Crippen molar-refractivity contribution in [3.8, 4) is 0 Å². The number of carbonyl (C=O) groups is 2. The summed E-state index contributed by atoms with van der Waals surface area (Å²) in [6.07, 6.45) is 2.18. The second kappa shape index (κ2) is 8.17. The molecule has 0 unspecified atom stereocenters. The normalized spacial score (nSPS) is 14.2. The number of carbonyl (C=O) groups excluding carboxylic acids is 2. The molecule has 0 fully saturated rings. The lowest BCUT2D eigenvalue weighted by Crippen LogP contribution is -2.28. The van der Waals surface area contributed by atoms with Crippen molar-refractivity contribution in [3.05, 3.63) is 52.5 Å². The van der Waals surface area contributed by atoms with Gasteiger partial charge in [0, 0.05) is 24.6 Å². The molecule has 1 aliphatic rings. The van der Waals surface area contributed by atoms with E-state index >= 15 is 0 Å². The predicted molar refractivity (Wildman–Crippen MR) is 109 cm³/mol. The first kappa shape index (κ1) is 20.1. The van der Waals surface area contributed by atoms with E-state index in [0.717, 1.165) is 12.0 Å². The minimum atomic E-state index is -0.526. The van der Waals surface area contributed by atoms with E-state index in [1.54, 1.807) is 38.2 Å². The Bertz CT molecular complexity index is 1020. The van der Waals surface area contributed by atoms with Crippen LogP contribution in [0.4, 0.5) is 5.69 Å². The maximum absolute atomic E-state index is 13.2. The van der Waals surface area contributed by atoms with E-state index in [-0.39, 0.29) is 23.2 Å². The molecule has 0 aliphatic heterocycles. The number of nitrogens with zero attached hydrogens (tertiary/aromatic N) is 3. The van der Waals surface area contributed by atoms with E-state index in [1.807, 2.05) is 0 Å². The van der Waals surface area contributed by atoms with Gasteiger partial charge >= 0.3 is 5.97 Å². The van der Waals surface area contributed by atoms with Crippen LogP contribution in [-0.2, 0) is 11.2 Å². The van der Waals surface area contributed by atoms with Crippen LogP contribution in [0.2, 0.25) is 0 Å². The molecule has 0 bridgehead atoms. The minimum Gasteiger partial charge on any atom is -0.465 e. The van der Waals surface area contributed by atoms with Gasteiger partial charge in [0.05, 0.1) is 24.1 Å². The van der Waals surface area contributed by atoms with Crippen molar-refractivity contribution >= 4 is 29.2 Å². The number of anilines is 1. The number of hydrogen-bond donors (Lipinski definition) is 2. The molecule has 9 heteroatoms. The molecule has 29 heavy (non-hydrogen) atoms. The van der Waals surface area contributed by atoms with Crippen molar-refractivity contribution in [2.45, 2.75) is 26.2 Å². The van der Waals surface area contributed by atoms with Crippen molar-refractivity contribution in [2.75, 3.05) is 19.1 Å². The summed E-state index contributed by atoms with van der Waals surface area (Å²) in [7, 11) is 2.88. The van der Waals surface area contributed by atoms with E-state index in [2.05, 4.69) is 10.2 Å². The third-order valence-corrected chi connectivity index (χ3v) is 4.78. The first-order chi connectivity index (χ1) is 13.8. The van der Waals surface area contributed by atoms with E-state index < -0.39 is 5.97 Å². The van der Waals surface area contributed by atoms with Gasteiger partial charge in [-0.05, 0) is 31.9 Å². The number of furan rings is 1. The fraction of sp³-hybridized carbons (Fsp3) is 0.300. The fourth-order valence-electron chi connectivity index (χ4n) is 3.40. The molecule has 1 amide bonds. The zero-order chi connectivity index (χ0) is 21.1. The summed E-state index contributed by atoms with van der Waals surface area (Å²) < 4.78 is 10.7. The van der Waals surface area contributed by atoms with Gasteiger partial charge in [0.25, 0.3) is 5.91 Å². The average Bonchev–Trinajstić information content (AvgIpc) is 3.07. The van der Waals surface area contributed by atoms with Crippen molar-refractivity contribution in [1.29, 1.82) is 0 Å². The molecule has 1 aromatic heterocycles. The molecule has 2 aromatic rings. The molecule has 0 atom stereocenters. The molecule has 0 saturated heterocycles. The number of aryl methyl sites for hydroxylation is 1. The number of guanidine groups is 1. The second-order valence-electron chi connectivity index (χ2n) is 6.65. The van der Waals surface area contributed by atoms with Gasteiger partial charge in [0.15, 0.2) is 5.76 Å². The quantitative estimate of drug-likeness (QED) is 0.350. The van der Waals surface area contributed by atoms with Crippen LogP contribution in [-0.4, -0.2) is 37.7 Å². The number of methoxy groups -OCH3 is 1. The number of benzene rings is 1. The van der Waals surface area contributed by atoms with Gasteiger partial charge in [0.1, 0.15) is 5.76 Å². The summed E-state index contributed by atoms with van der Waals surface area (Å²) in [6, 6.07) is 6.72. The first-order valence-electron chi connectivity index (χ1n) is 9.08. The summed E-state index contributed by atoms with van der Waals surface area (Å²) in [5.41, 5.74) is 13.6. The zero-order valence-corrected chi connectivity index (χ0v) is 16.6. The fourth-order valence-corrected chi connectivity index (χ4v) is 3.40. The maximum atomic E-state index is 13.2. The Balaban J connectivity index is 2.01. The van der Waals surface area contributed by atoms with Gasteiger partial charge in [-0.25, -0.2) is 4.79 Å². The molecule has 0 saturated carbocycles. The van der Waals surface area contributed by atoms with Crippen LogP contribution in [0.15, 0.2) is 38.9 Å². The maximum Gasteiger partial charge on any atom is 0.339 e. The Morgan fingerprint density at radius 2 is 1.93 bits per heavy atom. The highest BCUT2D eigenvalue weighted by atomic mass is 16.5. The van der Waals surface area contributed by atoms with Crippen LogP contribution in [0.1, 0.15) is 50.6 Å². The SMILES string of the molecule is COC(=O)c1ccccc1N(C)C(=O)c1oc2c(c1C)/C(=N/N=C(N)N)CCC2. The summed E-state index contributed by atoms with van der Waals surface area (Å²) in [5, 5.41) is 7.85. The standard InChI is InChI=1S/C20H23N5O4/c1-11-16-13(23-24-20(21)22)8-6-10-15(16)29-17(11)18(26)25(2)14-9-5-4-7-12(14)19(27)28-3/h4-5,7,9H,6,8,10H2,1-3H3,(H4,21,22,24)/b23-13+. The molecule has 152 valence electrons. The Hall–Kier alpha value is -3.62. The number of amides is 1. The molecule has 4 N–H and O–H groups in total. The Labute approximate surface area is 168 Å². The molecular formula is C20H23N5O4. The summed E-state index contributed by atoms with van der Waals surface area (Å²) in [5.74, 6) is -0.175. The number of fused-ring (bicyclic) bond motifs is 1. The third-order valence-electron chi connectivity index (χ3n) is 4.78. The Kier molecular flexibility index (Phi) is 5.67. The van der Waals surface area contributed by atoms with E-state index in [0.29, 0.717) is 35.6 Å². The monoisotopic (exact) mass is 397 g/mol. The van der Waals surface area contributed by atoms with Crippen LogP contribution in [0.3, 0.4) is 0 Å². The van der Waals surface area contributed by atoms with Crippen LogP contribution < -0.4 is 16.4 Å². The molecule has 1 aromatic carbocycles. The van der Waals surface area contributed by atoms with Crippen molar-refractivity contribution in [2.24, 2.45) is 21.7 Å². The highest BCUT2D eigenvalue weighted by molar-refractivity contribution is 6.11. The summed E-state index contributed by atoms with van der Waals surface area (Å²) in [6.45, 7) is 1.80. The zero-order valence-electron chi connectivity index (χ0n) is 16.6. The van der Waals surface area contributed by atoms with Crippen LogP contribution >= 0.6 is 0 Å². The van der Waals surface area contributed by atoms with Crippen LogP contribution in [0.5, 0.6) is 0 Å². The van der Waals surface area contributed by atoms with Gasteiger partial charge < -0.3 is 25.5 Å². The predicted octanol–water partition coefficient (Wildman–Crippen LogP) is 1.97. The van der Waals surface area contributed by atoms with E-state index in [9.17, 15) is 9.59 Å². The minimum absolute atomic E-state index is 0.138. The molecule has 1 heterocycles. The number of ether oxygens (including phenoxy) is 1. The largest absolute Gasteiger partial charge is 0.465 e. The second-order valence-corrected chi connectivity index (χ2v) is 6.65. The summed E-state index contributed by atoms with van der Waals surface area (Å²) in [4.78, 5) is 26.6. The lowest BCUT2D eigenvalue weighted by molar-refractivity contribution is 0.0601. The highest BCUT2D eigenvalue weighted by Crippen LogP contribution is 2.32. The molecular weight excluding hydrogens is 374 g/mol. The molecule has 0 radical (unpaired) electrons. The topological polar surface area (TPSA) is 137 Å². The van der Waals surface area contributed by atoms with Gasteiger partial charge in [-0.1, -0.05) is 12.1 Å². The van der Waals surface area contributed by atoms with Gasteiger partial charge in [-0.3, -0.25) is 4.79 Å². The average molecular weight is 397 g/mol.